The fourth-order valence-electron chi connectivity index (χ4n) is 2.26. The summed E-state index contributed by atoms with van der Waals surface area (Å²) in [5, 5.41) is 10.1. The fourth-order valence-corrected chi connectivity index (χ4v) is 2.45. The molecule has 3 N–H and O–H groups in total. The first-order valence-electron chi connectivity index (χ1n) is 7.39. The Labute approximate surface area is 147 Å². The molecule has 9 heteroatoms. The van der Waals surface area contributed by atoms with Crippen LogP contribution in [0.2, 0.25) is 5.02 Å². The minimum Gasteiger partial charge on any atom is -0.308 e. The molecule has 0 bridgehead atoms. The SMILES string of the molecule is Cc1cc(=O)[nH]c(-n2nc(C)cc2NC(=O)Nc2cccc(Cl)c2)n1. The van der Waals surface area contributed by atoms with Crippen molar-refractivity contribution < 1.29 is 4.79 Å². The molecule has 2 amide bonds. The van der Waals surface area contributed by atoms with Crippen molar-refractivity contribution in [2.45, 2.75) is 13.8 Å². The number of aromatic amines is 1. The molecule has 0 spiro atoms. The van der Waals surface area contributed by atoms with E-state index >= 15 is 0 Å². The lowest BCUT2D eigenvalue weighted by atomic mass is 10.3. The molecule has 8 nitrogen and oxygen atoms in total. The Morgan fingerprint density at radius 2 is 1.96 bits per heavy atom. The predicted octanol–water partition coefficient (Wildman–Crippen LogP) is 2.87. The Hall–Kier alpha value is -3.13. The van der Waals surface area contributed by atoms with E-state index in [0.717, 1.165) is 0 Å². The third-order valence-electron chi connectivity index (χ3n) is 3.21. The van der Waals surface area contributed by atoms with Crippen LogP contribution in [0.5, 0.6) is 0 Å². The number of hydrogen-bond donors (Lipinski definition) is 3. The number of benzene rings is 1. The topological polar surface area (TPSA) is 105 Å². The number of aromatic nitrogens is 4. The summed E-state index contributed by atoms with van der Waals surface area (Å²) >= 11 is 5.90. The maximum atomic E-state index is 12.2. The summed E-state index contributed by atoms with van der Waals surface area (Å²) in [5.41, 5.74) is 1.45. The van der Waals surface area contributed by atoms with E-state index in [-0.39, 0.29) is 11.5 Å². The Kier molecular flexibility index (Phi) is 4.53. The summed E-state index contributed by atoms with van der Waals surface area (Å²) in [6.45, 7) is 3.47. The van der Waals surface area contributed by atoms with Crippen molar-refractivity contribution in [1.82, 2.24) is 19.7 Å². The van der Waals surface area contributed by atoms with Crippen LogP contribution in [0.15, 0.2) is 41.2 Å². The van der Waals surface area contributed by atoms with E-state index in [9.17, 15) is 9.59 Å². The number of carbonyl (C=O) groups excluding carboxylic acids is 1. The van der Waals surface area contributed by atoms with Crippen molar-refractivity contribution in [3.8, 4) is 5.95 Å². The van der Waals surface area contributed by atoms with Gasteiger partial charge in [0.2, 0.25) is 5.95 Å². The number of rotatable bonds is 3. The predicted molar refractivity (Wildman–Crippen MR) is 95.5 cm³/mol. The van der Waals surface area contributed by atoms with Gasteiger partial charge in [0.15, 0.2) is 0 Å². The molecular formula is C16H15ClN6O2. The normalized spacial score (nSPS) is 10.5. The number of aryl methyl sites for hydroxylation is 2. The van der Waals surface area contributed by atoms with E-state index < -0.39 is 6.03 Å². The van der Waals surface area contributed by atoms with Gasteiger partial charge >= 0.3 is 6.03 Å². The zero-order chi connectivity index (χ0) is 18.0. The van der Waals surface area contributed by atoms with Crippen molar-refractivity contribution in [2.24, 2.45) is 0 Å². The monoisotopic (exact) mass is 358 g/mol. The average molecular weight is 359 g/mol. The Bertz CT molecular complexity index is 994. The molecule has 2 heterocycles. The van der Waals surface area contributed by atoms with E-state index in [4.69, 9.17) is 11.6 Å². The number of nitrogens with zero attached hydrogens (tertiary/aromatic N) is 3. The van der Waals surface area contributed by atoms with Gasteiger partial charge < -0.3 is 5.32 Å². The van der Waals surface area contributed by atoms with Gasteiger partial charge in [-0.3, -0.25) is 15.1 Å². The van der Waals surface area contributed by atoms with Crippen LogP contribution in [0.25, 0.3) is 5.95 Å². The molecule has 0 aliphatic rings. The highest BCUT2D eigenvalue weighted by molar-refractivity contribution is 6.30. The third kappa shape index (κ3) is 4.04. The number of hydrogen-bond acceptors (Lipinski definition) is 4. The highest BCUT2D eigenvalue weighted by atomic mass is 35.5. The van der Waals surface area contributed by atoms with Gasteiger partial charge in [-0.25, -0.2) is 9.78 Å². The van der Waals surface area contributed by atoms with Crippen molar-refractivity contribution >= 4 is 29.1 Å². The highest BCUT2D eigenvalue weighted by Crippen LogP contribution is 2.17. The molecule has 0 saturated heterocycles. The van der Waals surface area contributed by atoms with Crippen molar-refractivity contribution in [1.29, 1.82) is 0 Å². The number of carbonyl (C=O) groups is 1. The second-order valence-corrected chi connectivity index (χ2v) is 5.82. The van der Waals surface area contributed by atoms with Crippen LogP contribution >= 0.6 is 11.6 Å². The smallest absolute Gasteiger partial charge is 0.308 e. The van der Waals surface area contributed by atoms with Gasteiger partial charge in [0.05, 0.1) is 5.69 Å². The van der Waals surface area contributed by atoms with Crippen LogP contribution in [0.3, 0.4) is 0 Å². The Morgan fingerprint density at radius 3 is 2.68 bits per heavy atom. The van der Waals surface area contributed by atoms with Gasteiger partial charge in [-0.2, -0.15) is 9.78 Å². The molecule has 1 aromatic carbocycles. The molecule has 0 fully saturated rings. The molecule has 3 rings (SSSR count). The largest absolute Gasteiger partial charge is 0.324 e. The lowest BCUT2D eigenvalue weighted by Gasteiger charge is -2.09. The quantitative estimate of drug-likeness (QED) is 0.669. The zero-order valence-electron chi connectivity index (χ0n) is 13.5. The molecule has 0 atom stereocenters. The lowest BCUT2D eigenvalue weighted by Crippen LogP contribution is -2.22. The van der Waals surface area contributed by atoms with Crippen LogP contribution in [0.4, 0.5) is 16.3 Å². The summed E-state index contributed by atoms with van der Waals surface area (Å²) in [6, 6.07) is 9.35. The molecule has 128 valence electrons. The van der Waals surface area contributed by atoms with E-state index in [1.165, 1.54) is 10.7 Å². The average Bonchev–Trinajstić information content (AvgIpc) is 2.86. The van der Waals surface area contributed by atoms with Crippen LogP contribution in [-0.2, 0) is 0 Å². The second kappa shape index (κ2) is 6.78. The Morgan fingerprint density at radius 1 is 1.16 bits per heavy atom. The molecule has 0 aliphatic heterocycles. The molecule has 0 radical (unpaired) electrons. The first kappa shape index (κ1) is 16.7. The van der Waals surface area contributed by atoms with Gasteiger partial charge in [0.1, 0.15) is 5.82 Å². The summed E-state index contributed by atoms with van der Waals surface area (Å²) in [4.78, 5) is 30.7. The summed E-state index contributed by atoms with van der Waals surface area (Å²) in [7, 11) is 0. The van der Waals surface area contributed by atoms with Crippen LogP contribution in [0, 0.1) is 13.8 Å². The standard InChI is InChI=1S/C16H15ClN6O2/c1-9-7-14(24)21-15(18-9)23-13(6-10(2)22-23)20-16(25)19-12-5-3-4-11(17)8-12/h3-8H,1-2H3,(H,18,21,24)(H2,19,20,25). The fraction of sp³-hybridized carbons (Fsp3) is 0.125. The van der Waals surface area contributed by atoms with E-state index in [1.807, 2.05) is 0 Å². The molecule has 25 heavy (non-hydrogen) atoms. The van der Waals surface area contributed by atoms with Crippen molar-refractivity contribution in [3.63, 3.8) is 0 Å². The number of amides is 2. The van der Waals surface area contributed by atoms with Gasteiger partial charge in [0.25, 0.3) is 5.56 Å². The number of nitrogens with one attached hydrogen (secondary N) is 3. The summed E-state index contributed by atoms with van der Waals surface area (Å²) in [5.74, 6) is 0.585. The maximum Gasteiger partial charge on any atom is 0.324 e. The van der Waals surface area contributed by atoms with Crippen LogP contribution in [-0.4, -0.2) is 25.8 Å². The Balaban J connectivity index is 1.86. The molecule has 0 aliphatic carbocycles. The number of urea groups is 1. The zero-order valence-corrected chi connectivity index (χ0v) is 14.3. The molecule has 0 saturated carbocycles. The van der Waals surface area contributed by atoms with E-state index in [0.29, 0.717) is 27.9 Å². The lowest BCUT2D eigenvalue weighted by molar-refractivity contribution is 0.262. The van der Waals surface area contributed by atoms with Gasteiger partial charge in [0, 0.05) is 28.5 Å². The van der Waals surface area contributed by atoms with Crippen molar-refractivity contribution in [2.75, 3.05) is 10.6 Å². The highest BCUT2D eigenvalue weighted by Gasteiger charge is 2.13. The van der Waals surface area contributed by atoms with Gasteiger partial charge in [-0.1, -0.05) is 17.7 Å². The summed E-state index contributed by atoms with van der Waals surface area (Å²) in [6.07, 6.45) is 0. The molecule has 2 aromatic heterocycles. The van der Waals surface area contributed by atoms with Crippen LogP contribution in [0.1, 0.15) is 11.4 Å². The minimum atomic E-state index is -0.474. The second-order valence-electron chi connectivity index (χ2n) is 5.38. The maximum absolute atomic E-state index is 12.2. The van der Waals surface area contributed by atoms with Crippen molar-refractivity contribution in [3.05, 3.63) is 63.2 Å². The van der Waals surface area contributed by atoms with Crippen LogP contribution < -0.4 is 16.2 Å². The third-order valence-corrected chi connectivity index (χ3v) is 3.45. The molecular weight excluding hydrogens is 344 g/mol. The molecule has 0 unspecified atom stereocenters. The van der Waals surface area contributed by atoms with Gasteiger partial charge in [-0.05, 0) is 32.0 Å². The number of anilines is 2. The number of halogens is 1. The van der Waals surface area contributed by atoms with E-state index in [2.05, 4.69) is 25.7 Å². The first-order valence-corrected chi connectivity index (χ1v) is 7.77. The minimum absolute atomic E-state index is 0.219. The van der Waals surface area contributed by atoms with E-state index in [1.54, 1.807) is 44.2 Å². The number of H-pyrrole nitrogens is 1. The summed E-state index contributed by atoms with van der Waals surface area (Å²) < 4.78 is 1.36. The molecule has 3 aromatic rings. The van der Waals surface area contributed by atoms with Gasteiger partial charge in [-0.15, -0.1) is 0 Å². The first-order chi connectivity index (χ1) is 11.9.